The highest BCUT2D eigenvalue weighted by atomic mass is 19.1. The zero-order chi connectivity index (χ0) is 12.1. The van der Waals surface area contributed by atoms with Gasteiger partial charge in [0.05, 0.1) is 6.10 Å². The monoisotopic (exact) mass is 238 g/mol. The lowest BCUT2D eigenvalue weighted by Crippen LogP contribution is -2.24. The first-order chi connectivity index (χ1) is 8.24. The summed E-state index contributed by atoms with van der Waals surface area (Å²) >= 11 is 0. The molecule has 1 atom stereocenters. The van der Waals surface area contributed by atoms with Gasteiger partial charge in [-0.05, 0) is 37.2 Å². The molecular formula is C12H15FN2O2. The van der Waals surface area contributed by atoms with Crippen LogP contribution in [-0.4, -0.2) is 31.7 Å². The number of nitrogens with one attached hydrogen (secondary N) is 2. The summed E-state index contributed by atoms with van der Waals surface area (Å²) < 4.78 is 18.0. The fourth-order valence-corrected chi connectivity index (χ4v) is 1.69. The number of hydrogen-bond donors (Lipinski definition) is 2. The van der Waals surface area contributed by atoms with Crippen molar-refractivity contribution >= 4 is 11.6 Å². The molecule has 1 aromatic carbocycles. The Kier molecular flexibility index (Phi) is 4.06. The van der Waals surface area contributed by atoms with Gasteiger partial charge in [0.2, 0.25) is 5.91 Å². The van der Waals surface area contributed by atoms with E-state index in [-0.39, 0.29) is 24.4 Å². The Morgan fingerprint density at radius 2 is 2.24 bits per heavy atom. The molecule has 1 unspecified atom stereocenters. The highest BCUT2D eigenvalue weighted by Crippen LogP contribution is 2.08. The minimum absolute atomic E-state index is 0.0315. The third-order valence-corrected chi connectivity index (χ3v) is 2.59. The fraction of sp³-hybridized carbons (Fsp3) is 0.417. The normalized spacial score (nSPS) is 19.2. The van der Waals surface area contributed by atoms with Gasteiger partial charge in [-0.3, -0.25) is 4.79 Å². The van der Waals surface area contributed by atoms with Gasteiger partial charge < -0.3 is 15.4 Å². The average molecular weight is 238 g/mol. The van der Waals surface area contributed by atoms with Gasteiger partial charge in [0, 0.05) is 12.2 Å². The maximum atomic E-state index is 12.6. The summed E-state index contributed by atoms with van der Waals surface area (Å²) in [5.41, 5.74) is 0.574. The van der Waals surface area contributed by atoms with Crippen LogP contribution < -0.4 is 10.6 Å². The van der Waals surface area contributed by atoms with Crippen LogP contribution in [0.3, 0.4) is 0 Å². The van der Waals surface area contributed by atoms with Crippen LogP contribution in [0.5, 0.6) is 0 Å². The van der Waals surface area contributed by atoms with Crippen LogP contribution in [0.2, 0.25) is 0 Å². The minimum atomic E-state index is -0.323. The van der Waals surface area contributed by atoms with Crippen molar-refractivity contribution in [1.29, 1.82) is 0 Å². The van der Waals surface area contributed by atoms with Crippen molar-refractivity contribution in [1.82, 2.24) is 5.32 Å². The summed E-state index contributed by atoms with van der Waals surface area (Å²) in [4.78, 5) is 11.5. The summed E-state index contributed by atoms with van der Waals surface area (Å²) in [6.07, 6.45) is 1.05. The Hall–Kier alpha value is -1.46. The minimum Gasteiger partial charge on any atom is -0.367 e. The summed E-state index contributed by atoms with van der Waals surface area (Å²) in [5.74, 6) is -0.542. The first-order valence-electron chi connectivity index (χ1n) is 5.62. The van der Waals surface area contributed by atoms with Gasteiger partial charge in [-0.15, -0.1) is 0 Å². The number of ether oxygens (including phenoxy) is 1. The van der Waals surface area contributed by atoms with E-state index < -0.39 is 0 Å². The third kappa shape index (κ3) is 3.80. The summed E-state index contributed by atoms with van der Waals surface area (Å²) in [6, 6.07) is 5.64. The molecule has 17 heavy (non-hydrogen) atoms. The summed E-state index contributed by atoms with van der Waals surface area (Å²) in [7, 11) is 0. The molecule has 0 aliphatic carbocycles. The third-order valence-electron chi connectivity index (χ3n) is 2.59. The van der Waals surface area contributed by atoms with Crippen molar-refractivity contribution in [3.05, 3.63) is 30.1 Å². The Labute approximate surface area is 99.2 Å². The van der Waals surface area contributed by atoms with Crippen molar-refractivity contribution in [2.24, 2.45) is 0 Å². The van der Waals surface area contributed by atoms with E-state index in [1.54, 1.807) is 0 Å². The number of benzene rings is 1. The van der Waals surface area contributed by atoms with E-state index in [2.05, 4.69) is 10.6 Å². The van der Waals surface area contributed by atoms with Crippen LogP contribution in [0.25, 0.3) is 0 Å². The second-order valence-electron chi connectivity index (χ2n) is 3.98. The first kappa shape index (κ1) is 12.0. The zero-order valence-electron chi connectivity index (χ0n) is 9.41. The molecule has 92 valence electrons. The summed E-state index contributed by atoms with van der Waals surface area (Å²) in [6.45, 7) is 1.76. The van der Waals surface area contributed by atoms with E-state index >= 15 is 0 Å². The predicted molar refractivity (Wildman–Crippen MR) is 62.3 cm³/mol. The number of carbonyl (C=O) groups is 1. The SMILES string of the molecule is O=C(COC1CCNC1)Nc1ccc(F)cc1. The number of anilines is 1. The molecule has 1 aliphatic rings. The first-order valence-corrected chi connectivity index (χ1v) is 5.62. The Morgan fingerprint density at radius 3 is 2.88 bits per heavy atom. The van der Waals surface area contributed by atoms with Gasteiger partial charge >= 0.3 is 0 Å². The van der Waals surface area contributed by atoms with Crippen molar-refractivity contribution in [2.45, 2.75) is 12.5 Å². The smallest absolute Gasteiger partial charge is 0.250 e. The second-order valence-corrected chi connectivity index (χ2v) is 3.98. The van der Waals surface area contributed by atoms with Crippen LogP contribution in [0, 0.1) is 5.82 Å². The van der Waals surface area contributed by atoms with Crippen LogP contribution in [0.1, 0.15) is 6.42 Å². The van der Waals surface area contributed by atoms with Gasteiger partial charge in [0.15, 0.2) is 0 Å². The molecule has 0 bridgehead atoms. The average Bonchev–Trinajstić information content (AvgIpc) is 2.83. The van der Waals surface area contributed by atoms with Gasteiger partial charge in [-0.1, -0.05) is 0 Å². The van der Waals surface area contributed by atoms with Crippen molar-refractivity contribution in [2.75, 3.05) is 25.0 Å². The zero-order valence-corrected chi connectivity index (χ0v) is 9.41. The lowest BCUT2D eigenvalue weighted by Gasteiger charge is -2.10. The van der Waals surface area contributed by atoms with Crippen LogP contribution in [0.15, 0.2) is 24.3 Å². The van der Waals surface area contributed by atoms with Gasteiger partial charge in [-0.25, -0.2) is 4.39 Å². The number of rotatable bonds is 4. The molecule has 4 nitrogen and oxygen atoms in total. The molecular weight excluding hydrogens is 223 g/mol. The number of halogens is 1. The predicted octanol–water partition coefficient (Wildman–Crippen LogP) is 1.14. The van der Waals surface area contributed by atoms with Crippen molar-refractivity contribution < 1.29 is 13.9 Å². The maximum absolute atomic E-state index is 12.6. The van der Waals surface area contributed by atoms with E-state index in [4.69, 9.17) is 4.74 Å². The van der Waals surface area contributed by atoms with E-state index in [1.165, 1.54) is 24.3 Å². The molecule has 5 heteroatoms. The standard InChI is InChI=1S/C12H15FN2O2/c13-9-1-3-10(4-2-9)15-12(16)8-17-11-5-6-14-7-11/h1-4,11,14H,5-8H2,(H,15,16). The highest BCUT2D eigenvalue weighted by Gasteiger charge is 2.15. The quantitative estimate of drug-likeness (QED) is 0.827. The summed E-state index contributed by atoms with van der Waals surface area (Å²) in [5, 5.41) is 5.80. The molecule has 1 aromatic rings. The molecule has 0 aromatic heterocycles. The molecule has 2 rings (SSSR count). The Bertz CT molecular complexity index is 375. The lowest BCUT2D eigenvalue weighted by molar-refractivity contribution is -0.122. The molecule has 0 spiro atoms. The van der Waals surface area contributed by atoms with Gasteiger partial charge in [0.25, 0.3) is 0 Å². The molecule has 0 saturated carbocycles. The molecule has 2 N–H and O–H groups in total. The van der Waals surface area contributed by atoms with Crippen molar-refractivity contribution in [3.8, 4) is 0 Å². The molecule has 1 saturated heterocycles. The van der Waals surface area contributed by atoms with Crippen molar-refractivity contribution in [3.63, 3.8) is 0 Å². The van der Waals surface area contributed by atoms with E-state index in [0.29, 0.717) is 5.69 Å². The number of carbonyl (C=O) groups excluding carboxylic acids is 1. The fourth-order valence-electron chi connectivity index (χ4n) is 1.69. The lowest BCUT2D eigenvalue weighted by atomic mass is 10.3. The molecule has 1 fully saturated rings. The largest absolute Gasteiger partial charge is 0.367 e. The number of hydrogen-bond acceptors (Lipinski definition) is 3. The Morgan fingerprint density at radius 1 is 1.47 bits per heavy atom. The van der Waals surface area contributed by atoms with Crippen LogP contribution in [0.4, 0.5) is 10.1 Å². The highest BCUT2D eigenvalue weighted by molar-refractivity contribution is 5.91. The molecule has 1 heterocycles. The second kappa shape index (κ2) is 5.75. The van der Waals surface area contributed by atoms with E-state index in [0.717, 1.165) is 19.5 Å². The Balaban J connectivity index is 1.74. The van der Waals surface area contributed by atoms with E-state index in [1.807, 2.05) is 0 Å². The van der Waals surface area contributed by atoms with Crippen LogP contribution in [-0.2, 0) is 9.53 Å². The molecule has 1 aliphatic heterocycles. The topological polar surface area (TPSA) is 50.4 Å². The molecule has 0 radical (unpaired) electrons. The van der Waals surface area contributed by atoms with Gasteiger partial charge in [-0.2, -0.15) is 0 Å². The maximum Gasteiger partial charge on any atom is 0.250 e. The number of amides is 1. The molecule has 1 amide bonds. The van der Waals surface area contributed by atoms with Gasteiger partial charge in [0.1, 0.15) is 12.4 Å². The van der Waals surface area contributed by atoms with Crippen LogP contribution >= 0.6 is 0 Å². The van der Waals surface area contributed by atoms with E-state index in [9.17, 15) is 9.18 Å².